The molecule has 0 saturated heterocycles. The molecule has 1 rings (SSSR count). The summed E-state index contributed by atoms with van der Waals surface area (Å²) < 4.78 is 28.0. The Morgan fingerprint density at radius 2 is 1.95 bits per heavy atom. The summed E-state index contributed by atoms with van der Waals surface area (Å²) in [5, 5.41) is 18.0. The maximum absolute atomic E-state index is 11.6. The van der Waals surface area contributed by atoms with Gasteiger partial charge < -0.3 is 4.74 Å². The van der Waals surface area contributed by atoms with Crippen LogP contribution in [0.4, 0.5) is 16.2 Å². The third-order valence-corrected chi connectivity index (χ3v) is 3.11. The Morgan fingerprint density at radius 1 is 1.38 bits per heavy atom. The van der Waals surface area contributed by atoms with Gasteiger partial charge in [-0.3, -0.25) is 15.4 Å². The first-order chi connectivity index (χ1) is 9.42. The Balaban J connectivity index is 3.29. The van der Waals surface area contributed by atoms with Crippen molar-refractivity contribution in [2.75, 3.05) is 5.32 Å². The molecule has 10 heteroatoms. The van der Waals surface area contributed by atoms with Gasteiger partial charge >= 0.3 is 6.09 Å². The summed E-state index contributed by atoms with van der Waals surface area (Å²) in [5.41, 5.74) is -1.86. The molecular formula is C11H15N3O6S. The highest BCUT2D eigenvalue weighted by molar-refractivity contribution is 7.89. The molecular weight excluding hydrogens is 302 g/mol. The number of carbonyl (C=O) groups excluding carboxylic acids is 1. The summed E-state index contributed by atoms with van der Waals surface area (Å²) in [7, 11) is -4.41. The summed E-state index contributed by atoms with van der Waals surface area (Å²) in [6.07, 6.45) is -0.951. The van der Waals surface area contributed by atoms with Crippen molar-refractivity contribution in [2.45, 2.75) is 31.3 Å². The number of ether oxygens (including phenoxy) is 1. The van der Waals surface area contributed by atoms with Crippen LogP contribution in [0.3, 0.4) is 0 Å². The van der Waals surface area contributed by atoms with Crippen molar-refractivity contribution in [1.29, 1.82) is 0 Å². The number of anilines is 1. The molecule has 1 aromatic carbocycles. The van der Waals surface area contributed by atoms with Gasteiger partial charge in [-0.05, 0) is 26.8 Å². The van der Waals surface area contributed by atoms with Crippen LogP contribution in [0.25, 0.3) is 0 Å². The van der Waals surface area contributed by atoms with Crippen LogP contribution >= 0.6 is 0 Å². The lowest BCUT2D eigenvalue weighted by Crippen LogP contribution is -2.28. The monoisotopic (exact) mass is 317 g/mol. The van der Waals surface area contributed by atoms with Crippen molar-refractivity contribution in [3.63, 3.8) is 0 Å². The molecule has 3 N–H and O–H groups in total. The van der Waals surface area contributed by atoms with Gasteiger partial charge in [-0.25, -0.2) is 18.4 Å². The summed E-state index contributed by atoms with van der Waals surface area (Å²) >= 11 is 0. The third kappa shape index (κ3) is 4.68. The first-order valence-corrected chi connectivity index (χ1v) is 7.26. The number of carbonyl (C=O) groups is 1. The molecule has 0 atom stereocenters. The van der Waals surface area contributed by atoms with Gasteiger partial charge in [0.25, 0.3) is 5.69 Å². The van der Waals surface area contributed by atoms with Crippen LogP contribution in [0.5, 0.6) is 0 Å². The minimum atomic E-state index is -4.41. The van der Waals surface area contributed by atoms with Crippen LogP contribution in [-0.2, 0) is 14.8 Å². The van der Waals surface area contributed by atoms with Crippen LogP contribution in [0.2, 0.25) is 0 Å². The largest absolute Gasteiger partial charge is 0.444 e. The first kappa shape index (κ1) is 16.9. The second-order valence-corrected chi connectivity index (χ2v) is 6.58. The number of hydrogen-bond acceptors (Lipinski definition) is 6. The molecule has 21 heavy (non-hydrogen) atoms. The van der Waals surface area contributed by atoms with Crippen molar-refractivity contribution in [1.82, 2.24) is 0 Å². The van der Waals surface area contributed by atoms with Gasteiger partial charge in [0.2, 0.25) is 10.0 Å². The van der Waals surface area contributed by atoms with E-state index in [1.54, 1.807) is 20.8 Å². The summed E-state index contributed by atoms with van der Waals surface area (Å²) in [6.45, 7) is 4.84. The summed E-state index contributed by atoms with van der Waals surface area (Å²) in [4.78, 5) is 20.8. The fraction of sp³-hybridized carbons (Fsp3) is 0.364. The zero-order chi connectivity index (χ0) is 16.4. The molecule has 1 aromatic rings. The van der Waals surface area contributed by atoms with Gasteiger partial charge in [0.1, 0.15) is 5.60 Å². The summed E-state index contributed by atoms with van der Waals surface area (Å²) in [5.74, 6) is 0. The third-order valence-electron chi connectivity index (χ3n) is 2.11. The fourth-order valence-corrected chi connectivity index (χ4v) is 2.34. The number of amides is 1. The van der Waals surface area contributed by atoms with E-state index in [4.69, 9.17) is 9.88 Å². The molecule has 0 unspecified atom stereocenters. The molecule has 0 aliphatic heterocycles. The number of nitrogens with zero attached hydrogens (tertiary/aromatic N) is 1. The highest BCUT2D eigenvalue weighted by Crippen LogP contribution is 2.30. The Bertz CT molecular complexity index is 678. The Kier molecular flexibility index (Phi) is 4.54. The van der Waals surface area contributed by atoms with E-state index in [1.165, 1.54) is 12.1 Å². The van der Waals surface area contributed by atoms with Crippen molar-refractivity contribution in [3.05, 3.63) is 28.3 Å². The molecule has 0 aliphatic carbocycles. The number of sulfonamides is 1. The number of nitrogens with two attached hydrogens (primary N) is 1. The molecule has 0 bridgehead atoms. The van der Waals surface area contributed by atoms with Crippen molar-refractivity contribution < 1.29 is 22.9 Å². The molecule has 1 amide bonds. The van der Waals surface area contributed by atoms with Gasteiger partial charge in [0.15, 0.2) is 4.90 Å². The van der Waals surface area contributed by atoms with Crippen LogP contribution in [0, 0.1) is 10.1 Å². The molecule has 0 aromatic heterocycles. The highest BCUT2D eigenvalue weighted by Gasteiger charge is 2.28. The van der Waals surface area contributed by atoms with E-state index in [0.29, 0.717) is 0 Å². The number of nitro groups is 1. The predicted octanol–water partition coefficient (Wildman–Crippen LogP) is 1.59. The minimum Gasteiger partial charge on any atom is -0.444 e. The van der Waals surface area contributed by atoms with E-state index in [9.17, 15) is 23.3 Å². The number of nitro benzene ring substituents is 1. The first-order valence-electron chi connectivity index (χ1n) is 5.72. The molecule has 0 saturated carbocycles. The summed E-state index contributed by atoms with van der Waals surface area (Å²) in [6, 6.07) is 3.37. The molecule has 0 heterocycles. The minimum absolute atomic E-state index is 0.319. The molecule has 0 spiro atoms. The van der Waals surface area contributed by atoms with E-state index in [-0.39, 0.29) is 5.69 Å². The molecule has 9 nitrogen and oxygen atoms in total. The second kappa shape index (κ2) is 5.66. The van der Waals surface area contributed by atoms with Gasteiger partial charge in [0, 0.05) is 6.07 Å². The zero-order valence-corrected chi connectivity index (χ0v) is 12.4. The average molecular weight is 317 g/mol. The number of primary sulfonamides is 1. The maximum Gasteiger partial charge on any atom is 0.412 e. The van der Waals surface area contributed by atoms with E-state index in [2.05, 4.69) is 5.32 Å². The second-order valence-electron chi connectivity index (χ2n) is 5.08. The number of hydrogen-bond donors (Lipinski definition) is 2. The normalized spacial score (nSPS) is 11.8. The number of nitrogens with one attached hydrogen (secondary N) is 1. The lowest BCUT2D eigenvalue weighted by molar-refractivity contribution is -0.387. The van der Waals surface area contributed by atoms with Crippen molar-refractivity contribution >= 4 is 27.5 Å². The Morgan fingerprint density at radius 3 is 2.38 bits per heavy atom. The van der Waals surface area contributed by atoms with Gasteiger partial charge in [-0.15, -0.1) is 0 Å². The standard InChI is InChI=1S/C11H15N3O6S/c1-11(2,3)20-10(15)13-7-5-4-6-8(14(16)17)9(7)21(12,18)19/h4-6H,1-3H3,(H,13,15)(H2,12,18,19). The van der Waals surface area contributed by atoms with Crippen LogP contribution in [0.15, 0.2) is 23.1 Å². The van der Waals surface area contributed by atoms with Crippen LogP contribution in [0.1, 0.15) is 20.8 Å². The van der Waals surface area contributed by atoms with Gasteiger partial charge in [0.05, 0.1) is 10.6 Å². The van der Waals surface area contributed by atoms with E-state index < -0.39 is 37.2 Å². The Labute approximate surface area is 121 Å². The topological polar surface area (TPSA) is 142 Å². The lowest BCUT2D eigenvalue weighted by atomic mass is 10.2. The maximum atomic E-state index is 11.6. The average Bonchev–Trinajstić information content (AvgIpc) is 2.24. The number of rotatable bonds is 3. The predicted molar refractivity (Wildman–Crippen MR) is 74.3 cm³/mol. The fourth-order valence-electron chi connectivity index (χ4n) is 1.48. The van der Waals surface area contributed by atoms with E-state index in [0.717, 1.165) is 6.07 Å². The lowest BCUT2D eigenvalue weighted by Gasteiger charge is -2.20. The smallest absolute Gasteiger partial charge is 0.412 e. The molecule has 0 radical (unpaired) electrons. The molecule has 116 valence electrons. The van der Waals surface area contributed by atoms with Crippen LogP contribution in [-0.4, -0.2) is 25.0 Å². The molecule has 0 aliphatic rings. The van der Waals surface area contributed by atoms with Crippen molar-refractivity contribution in [2.24, 2.45) is 5.14 Å². The number of benzene rings is 1. The molecule has 0 fully saturated rings. The highest BCUT2D eigenvalue weighted by atomic mass is 32.2. The van der Waals surface area contributed by atoms with E-state index >= 15 is 0 Å². The quantitative estimate of drug-likeness (QED) is 0.640. The van der Waals surface area contributed by atoms with Gasteiger partial charge in [-0.1, -0.05) is 6.07 Å². The van der Waals surface area contributed by atoms with E-state index in [1.807, 2.05) is 0 Å². The van der Waals surface area contributed by atoms with Crippen molar-refractivity contribution in [3.8, 4) is 0 Å². The Hall–Kier alpha value is -2.20. The van der Waals surface area contributed by atoms with Gasteiger partial charge in [-0.2, -0.15) is 0 Å². The zero-order valence-electron chi connectivity index (χ0n) is 11.6. The SMILES string of the molecule is CC(C)(C)OC(=O)Nc1cccc([N+](=O)[O-])c1S(N)(=O)=O. The van der Waals surface area contributed by atoms with Crippen LogP contribution < -0.4 is 10.5 Å².